The number of nitrogens with zero attached hydrogens (tertiary/aromatic N) is 3. The molecule has 29 heavy (non-hydrogen) atoms. The molecule has 3 aromatic rings. The summed E-state index contributed by atoms with van der Waals surface area (Å²) >= 11 is 0. The molecule has 0 fully saturated rings. The maximum atomic E-state index is 12.2. The van der Waals surface area contributed by atoms with E-state index in [1.165, 1.54) is 5.56 Å². The third kappa shape index (κ3) is 5.68. The highest BCUT2D eigenvalue weighted by atomic mass is 16.2. The van der Waals surface area contributed by atoms with Crippen molar-refractivity contribution in [1.82, 2.24) is 25.3 Å². The lowest BCUT2D eigenvalue weighted by Crippen LogP contribution is -2.39. The van der Waals surface area contributed by atoms with Crippen molar-refractivity contribution in [1.29, 1.82) is 0 Å². The van der Waals surface area contributed by atoms with E-state index in [1.807, 2.05) is 67.1 Å². The molecule has 0 unspecified atom stereocenters. The molecule has 0 atom stereocenters. The van der Waals surface area contributed by atoms with Crippen molar-refractivity contribution >= 4 is 6.03 Å². The van der Waals surface area contributed by atoms with Crippen molar-refractivity contribution < 1.29 is 4.79 Å². The van der Waals surface area contributed by atoms with Crippen LogP contribution in [0.2, 0.25) is 0 Å². The maximum Gasteiger partial charge on any atom is 0.315 e. The number of nitrogens with one attached hydrogen (secondary N) is 2. The van der Waals surface area contributed by atoms with E-state index < -0.39 is 0 Å². The lowest BCUT2D eigenvalue weighted by atomic mass is 10.2. The zero-order valence-electron chi connectivity index (χ0n) is 17.4. The number of aromatic nitrogens is 2. The van der Waals surface area contributed by atoms with E-state index in [2.05, 4.69) is 39.8 Å². The molecule has 0 saturated heterocycles. The minimum absolute atomic E-state index is 0.163. The number of carbonyl (C=O) groups is 1. The number of hydrogen-bond acceptors (Lipinski definition) is 3. The van der Waals surface area contributed by atoms with Crippen LogP contribution in [0.15, 0.2) is 60.7 Å². The molecule has 0 bridgehead atoms. The zero-order valence-corrected chi connectivity index (χ0v) is 17.4. The summed E-state index contributed by atoms with van der Waals surface area (Å²) in [5, 5.41) is 10.5. The minimum Gasteiger partial charge on any atom is -0.337 e. The van der Waals surface area contributed by atoms with Crippen LogP contribution >= 0.6 is 0 Å². The Balaban J connectivity index is 1.45. The van der Waals surface area contributed by atoms with Gasteiger partial charge in [0.25, 0.3) is 0 Å². The van der Waals surface area contributed by atoms with E-state index >= 15 is 0 Å². The van der Waals surface area contributed by atoms with Gasteiger partial charge in [0.15, 0.2) is 0 Å². The van der Waals surface area contributed by atoms with Gasteiger partial charge in [-0.3, -0.25) is 0 Å². The normalized spacial score (nSPS) is 10.9. The fraction of sp³-hybridized carbons (Fsp3) is 0.304. The van der Waals surface area contributed by atoms with Crippen LogP contribution in [0.1, 0.15) is 22.5 Å². The van der Waals surface area contributed by atoms with Crippen molar-refractivity contribution in [3.63, 3.8) is 0 Å². The van der Waals surface area contributed by atoms with Gasteiger partial charge >= 0.3 is 6.03 Å². The Morgan fingerprint density at radius 3 is 2.34 bits per heavy atom. The maximum absolute atomic E-state index is 12.2. The molecule has 6 nitrogen and oxygen atoms in total. The Morgan fingerprint density at radius 2 is 1.66 bits per heavy atom. The fourth-order valence-corrected chi connectivity index (χ4v) is 3.32. The molecule has 0 aliphatic heterocycles. The standard InChI is InChI=1S/C23H29N5O/c1-18-22(19(2)28(26-18)21-12-8-5-9-13-21)16-25-23(29)24-14-15-27(3)17-20-10-6-4-7-11-20/h4-13H,14-17H2,1-3H3,(H2,24,25,29). The zero-order chi connectivity index (χ0) is 20.6. The molecular weight excluding hydrogens is 362 g/mol. The first-order valence-electron chi connectivity index (χ1n) is 9.89. The second kappa shape index (κ2) is 9.89. The molecule has 0 saturated carbocycles. The highest BCUT2D eigenvalue weighted by Gasteiger charge is 2.13. The van der Waals surface area contributed by atoms with Gasteiger partial charge in [-0.15, -0.1) is 0 Å². The van der Waals surface area contributed by atoms with Crippen LogP contribution in [-0.4, -0.2) is 40.8 Å². The Morgan fingerprint density at radius 1 is 1.00 bits per heavy atom. The van der Waals surface area contributed by atoms with Crippen molar-refractivity contribution in [3.05, 3.63) is 83.2 Å². The Kier molecular flexibility index (Phi) is 7.03. The number of likely N-dealkylation sites (N-methyl/N-ethyl adjacent to an activating group) is 1. The average molecular weight is 392 g/mol. The summed E-state index contributed by atoms with van der Waals surface area (Å²) in [6, 6.07) is 20.2. The highest BCUT2D eigenvalue weighted by Crippen LogP contribution is 2.17. The smallest absolute Gasteiger partial charge is 0.315 e. The number of urea groups is 1. The minimum atomic E-state index is -0.163. The largest absolute Gasteiger partial charge is 0.337 e. The molecule has 2 N–H and O–H groups in total. The van der Waals surface area contributed by atoms with E-state index in [-0.39, 0.29) is 6.03 Å². The molecule has 2 aromatic carbocycles. The second-order valence-corrected chi connectivity index (χ2v) is 7.23. The SMILES string of the molecule is Cc1nn(-c2ccccc2)c(C)c1CNC(=O)NCCN(C)Cc1ccccc1. The van der Waals surface area contributed by atoms with E-state index in [9.17, 15) is 4.79 Å². The number of para-hydroxylation sites is 1. The molecule has 2 amide bonds. The number of carbonyl (C=O) groups excluding carboxylic acids is 1. The van der Waals surface area contributed by atoms with Crippen LogP contribution in [0, 0.1) is 13.8 Å². The van der Waals surface area contributed by atoms with E-state index in [0.29, 0.717) is 13.1 Å². The van der Waals surface area contributed by atoms with Gasteiger partial charge in [-0.05, 0) is 38.6 Å². The summed E-state index contributed by atoms with van der Waals surface area (Å²) < 4.78 is 1.92. The molecular formula is C23H29N5O. The molecule has 1 aromatic heterocycles. The van der Waals surface area contributed by atoms with Gasteiger partial charge in [-0.2, -0.15) is 5.10 Å². The number of aryl methyl sites for hydroxylation is 1. The number of amides is 2. The lowest BCUT2D eigenvalue weighted by molar-refractivity contribution is 0.237. The molecule has 3 rings (SSSR count). The number of rotatable bonds is 8. The third-order valence-corrected chi connectivity index (χ3v) is 4.94. The van der Waals surface area contributed by atoms with Gasteiger partial charge in [0.1, 0.15) is 0 Å². The summed E-state index contributed by atoms with van der Waals surface area (Å²) in [6.07, 6.45) is 0. The van der Waals surface area contributed by atoms with Crippen molar-refractivity contribution in [3.8, 4) is 5.69 Å². The predicted molar refractivity (Wildman–Crippen MR) is 116 cm³/mol. The Labute approximate surface area is 172 Å². The van der Waals surface area contributed by atoms with Crippen LogP contribution in [0.4, 0.5) is 4.79 Å². The van der Waals surface area contributed by atoms with Crippen LogP contribution in [0.5, 0.6) is 0 Å². The van der Waals surface area contributed by atoms with Gasteiger partial charge in [0.05, 0.1) is 11.4 Å². The fourth-order valence-electron chi connectivity index (χ4n) is 3.32. The molecule has 152 valence electrons. The number of hydrogen-bond donors (Lipinski definition) is 2. The van der Waals surface area contributed by atoms with Crippen molar-refractivity contribution in [2.75, 3.05) is 20.1 Å². The third-order valence-electron chi connectivity index (χ3n) is 4.94. The van der Waals surface area contributed by atoms with Crippen molar-refractivity contribution in [2.45, 2.75) is 26.9 Å². The molecule has 0 aliphatic rings. The Bertz CT molecular complexity index is 921. The first-order valence-corrected chi connectivity index (χ1v) is 9.89. The second-order valence-electron chi connectivity index (χ2n) is 7.23. The van der Waals surface area contributed by atoms with Crippen LogP contribution in [0.25, 0.3) is 5.69 Å². The van der Waals surface area contributed by atoms with Crippen LogP contribution in [-0.2, 0) is 13.1 Å². The van der Waals surface area contributed by atoms with Crippen LogP contribution in [0.3, 0.4) is 0 Å². The van der Waals surface area contributed by atoms with Crippen molar-refractivity contribution in [2.24, 2.45) is 0 Å². The van der Waals surface area contributed by atoms with Crippen LogP contribution < -0.4 is 10.6 Å². The lowest BCUT2D eigenvalue weighted by Gasteiger charge is -2.17. The van der Waals surface area contributed by atoms with Gasteiger partial charge in [-0.25, -0.2) is 9.48 Å². The summed E-state index contributed by atoms with van der Waals surface area (Å²) in [6.45, 7) is 6.69. The summed E-state index contributed by atoms with van der Waals surface area (Å²) in [5.74, 6) is 0. The van der Waals surface area contributed by atoms with E-state index in [0.717, 1.165) is 35.7 Å². The highest BCUT2D eigenvalue weighted by molar-refractivity contribution is 5.73. The monoisotopic (exact) mass is 391 g/mol. The van der Waals surface area contributed by atoms with E-state index in [1.54, 1.807) is 0 Å². The molecule has 0 aliphatic carbocycles. The predicted octanol–water partition coefficient (Wildman–Crippen LogP) is 3.42. The molecule has 1 heterocycles. The summed E-state index contributed by atoms with van der Waals surface area (Å²) in [5.41, 5.74) is 5.29. The summed E-state index contributed by atoms with van der Waals surface area (Å²) in [4.78, 5) is 14.4. The van der Waals surface area contributed by atoms with Gasteiger partial charge < -0.3 is 15.5 Å². The quantitative estimate of drug-likeness (QED) is 0.618. The topological polar surface area (TPSA) is 62.2 Å². The molecule has 6 heteroatoms. The van der Waals surface area contributed by atoms with Gasteiger partial charge in [-0.1, -0.05) is 48.5 Å². The van der Waals surface area contributed by atoms with Gasteiger partial charge in [0, 0.05) is 37.4 Å². The summed E-state index contributed by atoms with van der Waals surface area (Å²) in [7, 11) is 2.05. The first-order chi connectivity index (χ1) is 14.0. The number of benzene rings is 2. The van der Waals surface area contributed by atoms with Gasteiger partial charge in [0.2, 0.25) is 0 Å². The molecule has 0 radical (unpaired) electrons. The first kappa shape index (κ1) is 20.6. The Hall–Kier alpha value is -3.12. The van der Waals surface area contributed by atoms with E-state index in [4.69, 9.17) is 0 Å². The molecule has 0 spiro atoms. The average Bonchev–Trinajstić information content (AvgIpc) is 3.01.